The van der Waals surface area contributed by atoms with Gasteiger partial charge in [-0.3, -0.25) is 30.6 Å². The summed E-state index contributed by atoms with van der Waals surface area (Å²) in [6, 6.07) is 8.64. The summed E-state index contributed by atoms with van der Waals surface area (Å²) in [6.07, 6.45) is 0. The summed E-state index contributed by atoms with van der Waals surface area (Å²) in [7, 11) is 0. The van der Waals surface area contributed by atoms with Crippen LogP contribution in [0, 0.1) is 17.0 Å². The summed E-state index contributed by atoms with van der Waals surface area (Å²) in [5.74, 6) is -0.571. The van der Waals surface area contributed by atoms with Crippen LogP contribution in [0.5, 0.6) is 0 Å². The third kappa shape index (κ3) is 3.65. The maximum atomic E-state index is 12.3. The first-order valence-corrected chi connectivity index (χ1v) is 8.71. The predicted molar refractivity (Wildman–Crippen MR) is 103 cm³/mol. The molecule has 0 bridgehead atoms. The van der Waals surface area contributed by atoms with Crippen LogP contribution in [0.25, 0.3) is 11.0 Å². The second-order valence-electron chi connectivity index (χ2n) is 5.93. The van der Waals surface area contributed by atoms with Crippen molar-refractivity contribution in [1.82, 2.24) is 20.4 Å². The summed E-state index contributed by atoms with van der Waals surface area (Å²) in [6.45, 7) is 4.63. The van der Waals surface area contributed by atoms with Crippen molar-refractivity contribution in [3.63, 3.8) is 0 Å². The lowest BCUT2D eigenvalue weighted by molar-refractivity contribution is -0.385. The number of nitrogens with zero attached hydrogens (tertiary/aromatic N) is 3. The number of hydrogen-bond acceptors (Lipinski definition) is 5. The van der Waals surface area contributed by atoms with Crippen molar-refractivity contribution >= 4 is 40.1 Å². The molecule has 0 unspecified atom stereocenters. The Morgan fingerprint density at radius 2 is 1.89 bits per heavy atom. The molecule has 0 fully saturated rings. The highest BCUT2D eigenvalue weighted by Gasteiger charge is 2.21. The Kier molecular flexibility index (Phi) is 5.27. The summed E-state index contributed by atoms with van der Waals surface area (Å²) in [4.78, 5) is 39.4. The number of benzene rings is 2. The van der Waals surface area contributed by atoms with Crippen LogP contribution in [0.1, 0.15) is 33.5 Å². The smallest absolute Gasteiger partial charge is 0.283 e. The van der Waals surface area contributed by atoms with Gasteiger partial charge < -0.3 is 4.57 Å². The van der Waals surface area contributed by atoms with Crippen LogP contribution in [-0.2, 0) is 6.54 Å². The van der Waals surface area contributed by atoms with Gasteiger partial charge in [-0.05, 0) is 44.2 Å². The van der Waals surface area contributed by atoms with E-state index in [0.717, 1.165) is 24.0 Å². The van der Waals surface area contributed by atoms with Gasteiger partial charge in [-0.15, -0.1) is 0 Å². The van der Waals surface area contributed by atoms with E-state index in [9.17, 15) is 19.7 Å². The van der Waals surface area contributed by atoms with Gasteiger partial charge in [0.05, 0.1) is 16.0 Å². The number of aromatic nitrogens is 2. The van der Waals surface area contributed by atoms with E-state index in [4.69, 9.17) is 11.6 Å². The molecule has 0 saturated heterocycles. The van der Waals surface area contributed by atoms with Gasteiger partial charge in [0, 0.05) is 23.2 Å². The fourth-order valence-electron chi connectivity index (χ4n) is 2.89. The highest BCUT2D eigenvalue weighted by Crippen LogP contribution is 2.23. The van der Waals surface area contributed by atoms with Crippen molar-refractivity contribution in [2.45, 2.75) is 20.4 Å². The number of imidazole rings is 1. The Labute approximate surface area is 164 Å². The summed E-state index contributed by atoms with van der Waals surface area (Å²) < 4.78 is 2.01. The average Bonchev–Trinajstić information content (AvgIpc) is 2.99. The van der Waals surface area contributed by atoms with E-state index in [0.29, 0.717) is 11.1 Å². The molecule has 2 N–H and O–H groups in total. The first kappa shape index (κ1) is 19.3. The van der Waals surface area contributed by atoms with Gasteiger partial charge in [0.25, 0.3) is 17.5 Å². The van der Waals surface area contributed by atoms with Gasteiger partial charge in [-0.2, -0.15) is 0 Å². The SMILES string of the molecule is CCn1c(C)nc2cc(C(=O)NNC(=O)c3ccc(Cl)cc3[N+](=O)[O-])ccc21. The molecule has 2 aromatic carbocycles. The van der Waals surface area contributed by atoms with E-state index in [1.54, 1.807) is 18.2 Å². The molecule has 2 amide bonds. The second kappa shape index (κ2) is 7.65. The first-order valence-electron chi connectivity index (χ1n) is 8.33. The number of aryl methyl sites for hydroxylation is 2. The molecule has 28 heavy (non-hydrogen) atoms. The molecule has 9 nitrogen and oxygen atoms in total. The number of amides is 2. The van der Waals surface area contributed by atoms with Crippen molar-refractivity contribution in [1.29, 1.82) is 0 Å². The lowest BCUT2D eigenvalue weighted by atomic mass is 10.1. The molecule has 1 heterocycles. The number of hydrogen-bond donors (Lipinski definition) is 2. The van der Waals surface area contributed by atoms with Gasteiger partial charge in [-0.1, -0.05) is 11.6 Å². The molecule has 3 aromatic rings. The summed E-state index contributed by atoms with van der Waals surface area (Å²) >= 11 is 5.73. The molecular formula is C18H16ClN5O4. The van der Waals surface area contributed by atoms with Crippen LogP contribution >= 0.6 is 11.6 Å². The number of nitro groups is 1. The van der Waals surface area contributed by atoms with E-state index in [1.165, 1.54) is 12.1 Å². The maximum Gasteiger partial charge on any atom is 0.283 e. The summed E-state index contributed by atoms with van der Waals surface area (Å²) in [5.41, 5.74) is 5.60. The normalized spacial score (nSPS) is 10.7. The number of carbonyl (C=O) groups excluding carboxylic acids is 2. The van der Waals surface area contributed by atoms with Gasteiger partial charge in [0.1, 0.15) is 11.4 Å². The predicted octanol–water partition coefficient (Wildman–Crippen LogP) is 3.00. The first-order chi connectivity index (χ1) is 13.3. The molecule has 0 saturated carbocycles. The van der Waals surface area contributed by atoms with Crippen LogP contribution < -0.4 is 10.9 Å². The quantitative estimate of drug-likeness (QED) is 0.514. The Morgan fingerprint density at radius 3 is 2.57 bits per heavy atom. The average molecular weight is 402 g/mol. The number of hydrazine groups is 1. The Hall–Kier alpha value is -3.46. The third-order valence-electron chi connectivity index (χ3n) is 4.21. The number of rotatable bonds is 4. The minimum absolute atomic E-state index is 0.127. The molecule has 0 aliphatic rings. The van der Waals surface area contributed by atoms with Crippen molar-refractivity contribution < 1.29 is 14.5 Å². The summed E-state index contributed by atoms with van der Waals surface area (Å²) in [5, 5.41) is 11.2. The Morgan fingerprint density at radius 1 is 1.18 bits per heavy atom. The van der Waals surface area contributed by atoms with E-state index in [2.05, 4.69) is 15.8 Å². The highest BCUT2D eigenvalue weighted by atomic mass is 35.5. The number of fused-ring (bicyclic) bond motifs is 1. The fourth-order valence-corrected chi connectivity index (χ4v) is 3.06. The van der Waals surface area contributed by atoms with Gasteiger partial charge in [0.15, 0.2) is 0 Å². The molecular weight excluding hydrogens is 386 g/mol. The molecule has 0 radical (unpaired) electrons. The lowest BCUT2D eigenvalue weighted by Gasteiger charge is -2.08. The van der Waals surface area contributed by atoms with E-state index in [1.807, 2.05) is 18.4 Å². The lowest BCUT2D eigenvalue weighted by Crippen LogP contribution is -2.41. The number of carbonyl (C=O) groups is 2. The number of nitrogens with one attached hydrogen (secondary N) is 2. The van der Waals surface area contributed by atoms with Gasteiger partial charge >= 0.3 is 0 Å². The van der Waals surface area contributed by atoms with Gasteiger partial charge in [0.2, 0.25) is 0 Å². The highest BCUT2D eigenvalue weighted by molar-refractivity contribution is 6.31. The zero-order chi connectivity index (χ0) is 20.4. The standard InChI is InChI=1S/C18H16ClN5O4/c1-3-23-10(2)20-14-8-11(4-7-15(14)23)17(25)21-22-18(26)13-6-5-12(19)9-16(13)24(27)28/h4-9H,3H2,1-2H3,(H,21,25)(H,22,26). The molecule has 144 valence electrons. The zero-order valence-corrected chi connectivity index (χ0v) is 15.8. The third-order valence-corrected chi connectivity index (χ3v) is 4.44. The molecule has 0 spiro atoms. The Balaban J connectivity index is 1.76. The van der Waals surface area contributed by atoms with Crippen molar-refractivity contribution in [2.24, 2.45) is 0 Å². The largest absolute Gasteiger partial charge is 0.329 e. The molecule has 3 rings (SSSR count). The van der Waals surface area contributed by atoms with E-state index >= 15 is 0 Å². The van der Waals surface area contributed by atoms with E-state index < -0.39 is 22.4 Å². The molecule has 10 heteroatoms. The van der Waals surface area contributed by atoms with Crippen molar-refractivity contribution in [3.8, 4) is 0 Å². The minimum Gasteiger partial charge on any atom is -0.329 e. The zero-order valence-electron chi connectivity index (χ0n) is 15.0. The van der Waals surface area contributed by atoms with Gasteiger partial charge in [-0.25, -0.2) is 4.98 Å². The van der Waals surface area contributed by atoms with Crippen LogP contribution in [-0.4, -0.2) is 26.3 Å². The topological polar surface area (TPSA) is 119 Å². The van der Waals surface area contributed by atoms with E-state index in [-0.39, 0.29) is 10.6 Å². The van der Waals surface area contributed by atoms with Crippen LogP contribution in [0.2, 0.25) is 5.02 Å². The maximum absolute atomic E-state index is 12.3. The monoisotopic (exact) mass is 401 g/mol. The Bertz CT molecular complexity index is 1110. The fraction of sp³-hybridized carbons (Fsp3) is 0.167. The van der Waals surface area contributed by atoms with Crippen LogP contribution in [0.4, 0.5) is 5.69 Å². The molecule has 0 atom stereocenters. The van der Waals surface area contributed by atoms with Crippen LogP contribution in [0.15, 0.2) is 36.4 Å². The molecule has 0 aliphatic carbocycles. The number of halogens is 1. The second-order valence-corrected chi connectivity index (χ2v) is 6.37. The van der Waals surface area contributed by atoms with Crippen LogP contribution in [0.3, 0.4) is 0 Å². The molecule has 1 aromatic heterocycles. The van der Waals surface area contributed by atoms with Crippen molar-refractivity contribution in [2.75, 3.05) is 0 Å². The minimum atomic E-state index is -0.830. The van der Waals surface area contributed by atoms with Crippen molar-refractivity contribution in [3.05, 3.63) is 68.5 Å². The molecule has 0 aliphatic heterocycles. The number of nitro benzene ring substituents is 1.